The Morgan fingerprint density at radius 2 is 1.72 bits per heavy atom. The first kappa shape index (κ1) is 21.7. The van der Waals surface area contributed by atoms with Gasteiger partial charge in [-0.3, -0.25) is 9.10 Å². The fourth-order valence-electron chi connectivity index (χ4n) is 3.69. The Morgan fingerprint density at radius 3 is 2.41 bits per heavy atom. The van der Waals surface area contributed by atoms with Gasteiger partial charge in [-0.25, -0.2) is 8.42 Å². The Labute approximate surface area is 187 Å². The maximum atomic E-state index is 13.8. The number of anilines is 2. The van der Waals surface area contributed by atoms with Crippen LogP contribution < -0.4 is 19.1 Å². The van der Waals surface area contributed by atoms with Gasteiger partial charge in [0, 0.05) is 18.7 Å². The van der Waals surface area contributed by atoms with E-state index in [-0.39, 0.29) is 17.6 Å². The van der Waals surface area contributed by atoms with Crippen molar-refractivity contribution in [2.45, 2.75) is 31.7 Å². The molecule has 1 unspecified atom stereocenters. The number of carbonyl (C=O) groups excluding carboxylic acids is 1. The monoisotopic (exact) mass is 452 g/mol. The van der Waals surface area contributed by atoms with E-state index >= 15 is 0 Å². The number of amides is 1. The SMILES string of the molecule is CC(=O)Nc1ccc(S(=O)(=O)N(c2ccc3c(c2)OCO3)C(C)c2cccc(C)c2)cc1. The molecular formula is C24H24N2O5S. The highest BCUT2D eigenvalue weighted by atomic mass is 32.2. The van der Waals surface area contributed by atoms with Gasteiger partial charge in [0.1, 0.15) is 0 Å². The second-order valence-corrected chi connectivity index (χ2v) is 9.45. The summed E-state index contributed by atoms with van der Waals surface area (Å²) in [5.41, 5.74) is 2.89. The van der Waals surface area contributed by atoms with Crippen LogP contribution in [0.25, 0.3) is 0 Å². The quantitative estimate of drug-likeness (QED) is 0.589. The Kier molecular flexibility index (Phi) is 5.80. The summed E-state index contributed by atoms with van der Waals surface area (Å²) in [6, 6.07) is 18.5. The van der Waals surface area contributed by atoms with Gasteiger partial charge in [0.2, 0.25) is 12.7 Å². The first-order chi connectivity index (χ1) is 15.3. The van der Waals surface area contributed by atoms with Gasteiger partial charge < -0.3 is 14.8 Å². The normalized spacial score (nSPS) is 13.5. The van der Waals surface area contributed by atoms with E-state index in [0.717, 1.165) is 11.1 Å². The van der Waals surface area contributed by atoms with Gasteiger partial charge in [-0.05, 0) is 55.8 Å². The van der Waals surface area contributed by atoms with E-state index in [9.17, 15) is 13.2 Å². The molecule has 4 rings (SSSR count). The van der Waals surface area contributed by atoms with Gasteiger partial charge in [0.25, 0.3) is 10.0 Å². The zero-order valence-corrected chi connectivity index (χ0v) is 18.8. The molecule has 0 saturated heterocycles. The summed E-state index contributed by atoms with van der Waals surface area (Å²) in [6.45, 7) is 5.32. The molecule has 0 spiro atoms. The molecule has 3 aromatic carbocycles. The molecule has 1 N–H and O–H groups in total. The van der Waals surface area contributed by atoms with Gasteiger partial charge in [0.05, 0.1) is 16.6 Å². The lowest BCUT2D eigenvalue weighted by atomic mass is 10.1. The van der Waals surface area contributed by atoms with E-state index in [1.54, 1.807) is 30.3 Å². The molecule has 1 aliphatic heterocycles. The standard InChI is InChI=1S/C24H24N2O5S/c1-16-5-4-6-19(13-16)17(2)26(21-9-12-23-24(14-21)31-15-30-23)32(28,29)22-10-7-20(8-11-22)25-18(3)27/h4-14,17H,15H2,1-3H3,(H,25,27). The molecule has 32 heavy (non-hydrogen) atoms. The average molecular weight is 453 g/mol. The van der Waals surface area contributed by atoms with Crippen molar-refractivity contribution in [2.24, 2.45) is 0 Å². The average Bonchev–Trinajstić information content (AvgIpc) is 3.21. The van der Waals surface area contributed by atoms with Crippen molar-refractivity contribution in [3.8, 4) is 11.5 Å². The zero-order valence-electron chi connectivity index (χ0n) is 18.0. The molecule has 3 aromatic rings. The van der Waals surface area contributed by atoms with Crippen LogP contribution in [0.3, 0.4) is 0 Å². The Balaban J connectivity index is 1.80. The molecule has 0 aromatic heterocycles. The minimum Gasteiger partial charge on any atom is -0.454 e. The third-order valence-electron chi connectivity index (χ3n) is 5.22. The molecular weight excluding hydrogens is 428 g/mol. The molecule has 8 heteroatoms. The van der Waals surface area contributed by atoms with E-state index in [1.165, 1.54) is 23.4 Å². The lowest BCUT2D eigenvalue weighted by molar-refractivity contribution is -0.114. The van der Waals surface area contributed by atoms with Gasteiger partial charge in [-0.1, -0.05) is 29.8 Å². The van der Waals surface area contributed by atoms with Crippen molar-refractivity contribution in [2.75, 3.05) is 16.4 Å². The maximum Gasteiger partial charge on any atom is 0.264 e. The number of carbonyl (C=O) groups is 1. The van der Waals surface area contributed by atoms with Gasteiger partial charge in [-0.15, -0.1) is 0 Å². The smallest absolute Gasteiger partial charge is 0.264 e. The van der Waals surface area contributed by atoms with Crippen LogP contribution in [0.4, 0.5) is 11.4 Å². The number of rotatable bonds is 6. The zero-order chi connectivity index (χ0) is 22.9. The van der Waals surface area contributed by atoms with E-state index in [4.69, 9.17) is 9.47 Å². The third kappa shape index (κ3) is 4.27. The summed E-state index contributed by atoms with van der Waals surface area (Å²) in [4.78, 5) is 11.4. The van der Waals surface area contributed by atoms with Crippen molar-refractivity contribution in [1.29, 1.82) is 0 Å². The fourth-order valence-corrected chi connectivity index (χ4v) is 5.32. The van der Waals surface area contributed by atoms with Crippen molar-refractivity contribution >= 4 is 27.3 Å². The first-order valence-electron chi connectivity index (χ1n) is 10.1. The molecule has 0 bridgehead atoms. The number of sulfonamides is 1. The van der Waals surface area contributed by atoms with Crippen molar-refractivity contribution in [1.82, 2.24) is 0 Å². The Morgan fingerprint density at radius 1 is 1.00 bits per heavy atom. The highest BCUT2D eigenvalue weighted by Gasteiger charge is 2.32. The van der Waals surface area contributed by atoms with E-state index < -0.39 is 16.1 Å². The summed E-state index contributed by atoms with van der Waals surface area (Å²) in [7, 11) is -3.95. The second-order valence-electron chi connectivity index (χ2n) is 7.63. The number of fused-ring (bicyclic) bond motifs is 1. The first-order valence-corrected chi connectivity index (χ1v) is 11.6. The van der Waals surface area contributed by atoms with Crippen LogP contribution >= 0.6 is 0 Å². The highest BCUT2D eigenvalue weighted by molar-refractivity contribution is 7.92. The molecule has 0 aliphatic carbocycles. The number of ether oxygens (including phenoxy) is 2. The minimum absolute atomic E-state index is 0.101. The summed E-state index contributed by atoms with van der Waals surface area (Å²) in [5, 5.41) is 2.65. The summed E-state index contributed by atoms with van der Waals surface area (Å²) in [6.07, 6.45) is 0. The van der Waals surface area contributed by atoms with E-state index in [0.29, 0.717) is 22.9 Å². The lowest BCUT2D eigenvalue weighted by Crippen LogP contribution is -2.33. The number of hydrogen-bond acceptors (Lipinski definition) is 5. The molecule has 1 amide bonds. The van der Waals surface area contributed by atoms with Crippen LogP contribution in [0.1, 0.15) is 31.0 Å². The Bertz CT molecular complexity index is 1260. The predicted molar refractivity (Wildman–Crippen MR) is 123 cm³/mol. The van der Waals surface area contributed by atoms with Gasteiger partial charge >= 0.3 is 0 Å². The van der Waals surface area contributed by atoms with Crippen molar-refractivity contribution in [3.63, 3.8) is 0 Å². The summed E-state index contributed by atoms with van der Waals surface area (Å²) in [5.74, 6) is 0.852. The molecule has 1 atom stereocenters. The van der Waals surface area contributed by atoms with Crippen LogP contribution in [-0.2, 0) is 14.8 Å². The molecule has 1 aliphatic rings. The number of benzene rings is 3. The van der Waals surface area contributed by atoms with Crippen LogP contribution in [0.15, 0.2) is 71.6 Å². The summed E-state index contributed by atoms with van der Waals surface area (Å²) < 4.78 is 39.9. The Hall–Kier alpha value is -3.52. The molecule has 0 saturated carbocycles. The van der Waals surface area contributed by atoms with E-state index in [2.05, 4.69) is 5.32 Å². The van der Waals surface area contributed by atoms with Gasteiger partial charge in [0.15, 0.2) is 11.5 Å². The van der Waals surface area contributed by atoms with Gasteiger partial charge in [-0.2, -0.15) is 0 Å². The number of nitrogens with zero attached hydrogens (tertiary/aromatic N) is 1. The van der Waals surface area contributed by atoms with Crippen LogP contribution in [0.2, 0.25) is 0 Å². The predicted octanol–water partition coefficient (Wildman–Crippen LogP) is 4.64. The molecule has 166 valence electrons. The van der Waals surface area contributed by atoms with Crippen molar-refractivity contribution in [3.05, 3.63) is 77.9 Å². The van der Waals surface area contributed by atoms with Crippen LogP contribution in [-0.4, -0.2) is 21.1 Å². The molecule has 7 nitrogen and oxygen atoms in total. The van der Waals surface area contributed by atoms with Crippen molar-refractivity contribution < 1.29 is 22.7 Å². The number of nitrogens with one attached hydrogen (secondary N) is 1. The topological polar surface area (TPSA) is 84.9 Å². The number of aryl methyl sites for hydroxylation is 1. The highest BCUT2D eigenvalue weighted by Crippen LogP contribution is 2.40. The third-order valence-corrected chi connectivity index (χ3v) is 7.13. The van der Waals surface area contributed by atoms with Crippen LogP contribution in [0, 0.1) is 6.92 Å². The molecule has 0 fully saturated rings. The second kappa shape index (κ2) is 8.55. The minimum atomic E-state index is -3.95. The number of hydrogen-bond donors (Lipinski definition) is 1. The van der Waals surface area contributed by atoms with E-state index in [1.807, 2.05) is 38.1 Å². The largest absolute Gasteiger partial charge is 0.454 e. The maximum absolute atomic E-state index is 13.8. The lowest BCUT2D eigenvalue weighted by Gasteiger charge is -2.31. The fraction of sp³-hybridized carbons (Fsp3) is 0.208. The summed E-state index contributed by atoms with van der Waals surface area (Å²) >= 11 is 0. The molecule has 0 radical (unpaired) electrons. The van der Waals surface area contributed by atoms with Crippen LogP contribution in [0.5, 0.6) is 11.5 Å². The molecule has 1 heterocycles.